The summed E-state index contributed by atoms with van der Waals surface area (Å²) in [5.41, 5.74) is 0.459. The molecule has 0 aliphatic heterocycles. The van der Waals surface area contributed by atoms with Crippen molar-refractivity contribution in [1.82, 2.24) is 5.32 Å². The fraction of sp³-hybridized carbons (Fsp3) is 0.562. The molecule has 1 N–H and O–H groups in total. The highest BCUT2D eigenvalue weighted by atomic mass is 35.5. The van der Waals surface area contributed by atoms with Gasteiger partial charge < -0.3 is 5.32 Å². The number of hydrogen-bond acceptors (Lipinski definition) is 2. The minimum atomic E-state index is -0.322. The highest BCUT2D eigenvalue weighted by molar-refractivity contribution is 7.99. The van der Waals surface area contributed by atoms with Crippen molar-refractivity contribution in [3.8, 4) is 0 Å². The van der Waals surface area contributed by atoms with Gasteiger partial charge in [-0.3, -0.25) is 4.79 Å². The molecule has 1 aromatic carbocycles. The topological polar surface area (TPSA) is 29.1 Å². The van der Waals surface area contributed by atoms with E-state index in [4.69, 9.17) is 11.6 Å². The maximum Gasteiger partial charge on any atom is 0.230 e. The molecular weight excluding hydrogens is 309 g/mol. The zero-order valence-electron chi connectivity index (χ0n) is 13.0. The average molecular weight is 332 g/mol. The highest BCUT2D eigenvalue weighted by Crippen LogP contribution is 2.23. The molecule has 5 heteroatoms. The molecule has 0 aromatic heterocycles. The Bertz CT molecular complexity index is 451. The third kappa shape index (κ3) is 5.87. The number of thioether (sulfide) groups is 1. The van der Waals surface area contributed by atoms with Crippen LogP contribution in [0.1, 0.15) is 33.3 Å². The molecule has 0 radical (unpaired) electrons. The van der Waals surface area contributed by atoms with Gasteiger partial charge in [0, 0.05) is 22.4 Å². The fourth-order valence-electron chi connectivity index (χ4n) is 2.25. The fourth-order valence-corrected chi connectivity index (χ4v) is 3.42. The Balaban J connectivity index is 2.47. The molecule has 0 bridgehead atoms. The smallest absolute Gasteiger partial charge is 0.230 e. The van der Waals surface area contributed by atoms with Crippen LogP contribution in [0.3, 0.4) is 0 Å². The van der Waals surface area contributed by atoms with Crippen molar-refractivity contribution < 1.29 is 9.18 Å². The van der Waals surface area contributed by atoms with Gasteiger partial charge in [-0.2, -0.15) is 0 Å². The minimum Gasteiger partial charge on any atom is -0.352 e. The summed E-state index contributed by atoms with van der Waals surface area (Å²) >= 11 is 7.33. The normalized spacial score (nSPS) is 11.5. The number of nitrogens with one attached hydrogen (secondary N) is 1. The maximum absolute atomic E-state index is 13.6. The van der Waals surface area contributed by atoms with Crippen molar-refractivity contribution in [3.63, 3.8) is 0 Å². The molecule has 0 aliphatic rings. The molecule has 1 amide bonds. The van der Waals surface area contributed by atoms with Gasteiger partial charge in [-0.1, -0.05) is 45.4 Å². The second kappa shape index (κ2) is 8.64. The second-order valence-corrected chi connectivity index (χ2v) is 7.17. The minimum absolute atomic E-state index is 0.0140. The lowest BCUT2D eigenvalue weighted by Crippen LogP contribution is -2.43. The van der Waals surface area contributed by atoms with Crippen molar-refractivity contribution in [1.29, 1.82) is 0 Å². The van der Waals surface area contributed by atoms with E-state index in [2.05, 4.69) is 33.0 Å². The Hall–Kier alpha value is -0.740. The van der Waals surface area contributed by atoms with E-state index in [1.165, 1.54) is 17.8 Å². The second-order valence-electron chi connectivity index (χ2n) is 5.77. The molecule has 118 valence electrons. The largest absolute Gasteiger partial charge is 0.352 e. The molecule has 0 aliphatic carbocycles. The molecule has 0 fully saturated rings. The van der Waals surface area contributed by atoms with Crippen LogP contribution in [0, 0.1) is 17.7 Å². The summed E-state index contributed by atoms with van der Waals surface area (Å²) in [6.45, 7) is 8.38. The first-order valence-corrected chi connectivity index (χ1v) is 8.66. The van der Waals surface area contributed by atoms with E-state index in [9.17, 15) is 9.18 Å². The van der Waals surface area contributed by atoms with Crippen LogP contribution < -0.4 is 5.32 Å². The number of benzene rings is 1. The van der Waals surface area contributed by atoms with Gasteiger partial charge in [-0.05, 0) is 24.0 Å². The molecule has 21 heavy (non-hydrogen) atoms. The van der Waals surface area contributed by atoms with Crippen LogP contribution in [0.25, 0.3) is 0 Å². The summed E-state index contributed by atoms with van der Waals surface area (Å²) in [6, 6.07) is 4.79. The molecule has 1 rings (SSSR count). The van der Waals surface area contributed by atoms with Crippen LogP contribution in [0.4, 0.5) is 4.39 Å². The van der Waals surface area contributed by atoms with Crippen LogP contribution in [0.2, 0.25) is 5.02 Å². The van der Waals surface area contributed by atoms with Crippen LogP contribution in [-0.2, 0) is 10.5 Å². The van der Waals surface area contributed by atoms with Gasteiger partial charge in [0.1, 0.15) is 5.82 Å². The number of rotatable bonds is 7. The van der Waals surface area contributed by atoms with E-state index >= 15 is 0 Å². The number of halogens is 2. The predicted octanol–water partition coefficient (Wildman–Crippen LogP) is 4.51. The first kappa shape index (κ1) is 18.3. The van der Waals surface area contributed by atoms with Gasteiger partial charge in [0.2, 0.25) is 5.91 Å². The Morgan fingerprint density at radius 3 is 2.43 bits per heavy atom. The monoisotopic (exact) mass is 331 g/mol. The summed E-state index contributed by atoms with van der Waals surface area (Å²) in [5.74, 6) is 1.14. The molecule has 2 nitrogen and oxygen atoms in total. The molecule has 0 saturated carbocycles. The maximum atomic E-state index is 13.6. The summed E-state index contributed by atoms with van der Waals surface area (Å²) in [6.07, 6.45) is 0. The summed E-state index contributed by atoms with van der Waals surface area (Å²) < 4.78 is 13.6. The van der Waals surface area contributed by atoms with Crippen LogP contribution in [0.15, 0.2) is 18.2 Å². The SMILES string of the molecule is CC(C)C(NC(=O)CSCc1c(F)cccc1Cl)C(C)C. The first-order chi connectivity index (χ1) is 9.82. The van der Waals surface area contributed by atoms with Gasteiger partial charge >= 0.3 is 0 Å². The van der Waals surface area contributed by atoms with E-state index in [-0.39, 0.29) is 17.8 Å². The van der Waals surface area contributed by atoms with E-state index in [0.717, 1.165) is 0 Å². The van der Waals surface area contributed by atoms with Crippen LogP contribution in [0.5, 0.6) is 0 Å². The molecule has 0 spiro atoms. The Labute approximate surface area is 135 Å². The molecule has 0 saturated heterocycles. The van der Waals surface area contributed by atoms with Gasteiger partial charge in [-0.15, -0.1) is 11.8 Å². The van der Waals surface area contributed by atoms with E-state index < -0.39 is 0 Å². The Kier molecular flexibility index (Phi) is 7.53. The lowest BCUT2D eigenvalue weighted by Gasteiger charge is -2.26. The van der Waals surface area contributed by atoms with Gasteiger partial charge in [-0.25, -0.2) is 4.39 Å². The molecule has 0 unspecified atom stereocenters. The van der Waals surface area contributed by atoms with Gasteiger partial charge in [0.25, 0.3) is 0 Å². The number of carbonyl (C=O) groups is 1. The van der Waals surface area contributed by atoms with Crippen molar-refractivity contribution in [2.75, 3.05) is 5.75 Å². The zero-order valence-corrected chi connectivity index (χ0v) is 14.5. The lowest BCUT2D eigenvalue weighted by atomic mass is 9.93. The number of carbonyl (C=O) groups excluding carboxylic acids is 1. The van der Waals surface area contributed by atoms with Gasteiger partial charge in [0.05, 0.1) is 5.75 Å². The molecule has 1 aromatic rings. The third-order valence-corrected chi connectivity index (χ3v) is 4.62. The Morgan fingerprint density at radius 2 is 1.90 bits per heavy atom. The van der Waals surface area contributed by atoms with Crippen molar-refractivity contribution in [2.45, 2.75) is 39.5 Å². The summed E-state index contributed by atoms with van der Waals surface area (Å²) in [5, 5.41) is 3.45. The highest BCUT2D eigenvalue weighted by Gasteiger charge is 2.19. The number of hydrogen-bond donors (Lipinski definition) is 1. The standard InChI is InChI=1S/C16H23ClFNOS/c1-10(2)16(11(3)4)19-15(20)9-21-8-12-13(17)6-5-7-14(12)18/h5-7,10-11,16H,8-9H2,1-4H3,(H,19,20). The quantitative estimate of drug-likeness (QED) is 0.796. The predicted molar refractivity (Wildman–Crippen MR) is 89.2 cm³/mol. The van der Waals surface area contributed by atoms with E-state index in [0.29, 0.717) is 33.9 Å². The van der Waals surface area contributed by atoms with Crippen LogP contribution in [-0.4, -0.2) is 17.7 Å². The zero-order chi connectivity index (χ0) is 16.0. The molecule has 0 heterocycles. The van der Waals surface area contributed by atoms with Crippen molar-refractivity contribution in [2.24, 2.45) is 11.8 Å². The third-order valence-electron chi connectivity index (χ3n) is 3.31. The van der Waals surface area contributed by atoms with E-state index in [1.807, 2.05) is 0 Å². The van der Waals surface area contributed by atoms with Crippen molar-refractivity contribution >= 4 is 29.3 Å². The molecular formula is C16H23ClFNOS. The molecule has 0 atom stereocenters. The van der Waals surface area contributed by atoms with Gasteiger partial charge in [0.15, 0.2) is 0 Å². The average Bonchev–Trinajstić information content (AvgIpc) is 2.38. The van der Waals surface area contributed by atoms with Crippen LogP contribution >= 0.6 is 23.4 Å². The van der Waals surface area contributed by atoms with E-state index in [1.54, 1.807) is 12.1 Å². The summed E-state index contributed by atoms with van der Waals surface area (Å²) in [4.78, 5) is 12.0. The van der Waals surface area contributed by atoms with Crippen molar-refractivity contribution in [3.05, 3.63) is 34.6 Å². The lowest BCUT2D eigenvalue weighted by molar-refractivity contribution is -0.119. The summed E-state index contributed by atoms with van der Waals surface area (Å²) in [7, 11) is 0. The Morgan fingerprint density at radius 1 is 1.29 bits per heavy atom. The number of amides is 1. The first-order valence-electron chi connectivity index (χ1n) is 7.13.